The number of amides is 1. The van der Waals surface area contributed by atoms with Crippen molar-refractivity contribution >= 4 is 23.3 Å². The van der Waals surface area contributed by atoms with Crippen molar-refractivity contribution in [3.05, 3.63) is 54.7 Å². The summed E-state index contributed by atoms with van der Waals surface area (Å²) in [6.45, 7) is 0.913. The van der Waals surface area contributed by atoms with Crippen LogP contribution >= 0.6 is 11.8 Å². The van der Waals surface area contributed by atoms with Gasteiger partial charge in [-0.2, -0.15) is 11.8 Å². The summed E-state index contributed by atoms with van der Waals surface area (Å²) in [6.07, 6.45) is 15.6. The van der Waals surface area contributed by atoms with Gasteiger partial charge in [-0.3, -0.25) is 9.20 Å². The van der Waals surface area contributed by atoms with Crippen LogP contribution < -0.4 is 5.32 Å². The van der Waals surface area contributed by atoms with Crippen LogP contribution in [0.25, 0.3) is 5.65 Å². The maximum absolute atomic E-state index is 13.3. The third kappa shape index (κ3) is 4.89. The van der Waals surface area contributed by atoms with E-state index in [1.54, 1.807) is 11.8 Å². The minimum Gasteiger partial charge on any atom is -0.354 e. The van der Waals surface area contributed by atoms with E-state index in [1.165, 1.54) is 19.3 Å². The molecule has 1 amide bonds. The van der Waals surface area contributed by atoms with Gasteiger partial charge in [-0.25, -0.2) is 0 Å². The molecule has 6 nitrogen and oxygen atoms in total. The minimum absolute atomic E-state index is 0.0400. The molecule has 1 fully saturated rings. The van der Waals surface area contributed by atoms with E-state index in [2.05, 4.69) is 50.9 Å². The van der Waals surface area contributed by atoms with Gasteiger partial charge < -0.3 is 9.88 Å². The first-order valence-electron chi connectivity index (χ1n) is 10.9. The molecule has 0 aliphatic heterocycles. The second kappa shape index (κ2) is 9.69. The van der Waals surface area contributed by atoms with Crippen LogP contribution in [-0.2, 0) is 11.3 Å². The summed E-state index contributed by atoms with van der Waals surface area (Å²) in [5, 5.41) is 12.0. The van der Waals surface area contributed by atoms with Crippen molar-refractivity contribution in [2.45, 2.75) is 57.5 Å². The molecule has 3 heterocycles. The van der Waals surface area contributed by atoms with E-state index >= 15 is 0 Å². The molecule has 160 valence electrons. The molecule has 3 aromatic rings. The second-order valence-corrected chi connectivity index (χ2v) is 9.47. The van der Waals surface area contributed by atoms with E-state index in [0.717, 1.165) is 43.0 Å². The number of nitrogens with zero attached hydrogens (tertiary/aromatic N) is 4. The minimum atomic E-state index is -0.130. The Kier molecular flexibility index (Phi) is 6.77. The van der Waals surface area contributed by atoms with Gasteiger partial charge >= 0.3 is 0 Å². The predicted molar refractivity (Wildman–Crippen MR) is 121 cm³/mol. The summed E-state index contributed by atoms with van der Waals surface area (Å²) < 4.78 is 4.22. The van der Waals surface area contributed by atoms with Crippen molar-refractivity contribution in [1.82, 2.24) is 24.5 Å². The van der Waals surface area contributed by atoms with Gasteiger partial charge in [0, 0.05) is 31.6 Å². The average Bonchev–Trinajstić information content (AvgIpc) is 3.41. The Bertz CT molecular complexity index is 946. The number of pyridine rings is 1. The number of carbonyl (C=O) groups excluding carboxylic acids is 1. The number of fused-ring (bicyclic) bond motifs is 1. The van der Waals surface area contributed by atoms with Crippen LogP contribution in [0.3, 0.4) is 0 Å². The monoisotopic (exact) mass is 425 g/mol. The van der Waals surface area contributed by atoms with Gasteiger partial charge in [0.1, 0.15) is 0 Å². The molecule has 1 aliphatic carbocycles. The molecular formula is C23H31N5OS. The van der Waals surface area contributed by atoms with E-state index in [0.29, 0.717) is 6.42 Å². The van der Waals surface area contributed by atoms with Gasteiger partial charge in [0.2, 0.25) is 5.91 Å². The van der Waals surface area contributed by atoms with Crippen molar-refractivity contribution in [2.75, 3.05) is 12.0 Å². The summed E-state index contributed by atoms with van der Waals surface area (Å²) in [4.78, 5) is 13.3. The number of aromatic nitrogens is 4. The lowest BCUT2D eigenvalue weighted by Crippen LogP contribution is -2.38. The maximum atomic E-state index is 13.3. The van der Waals surface area contributed by atoms with Crippen LogP contribution in [-0.4, -0.2) is 37.1 Å². The fourth-order valence-electron chi connectivity index (χ4n) is 4.74. The van der Waals surface area contributed by atoms with Gasteiger partial charge in [0.05, 0.1) is 6.04 Å². The molecule has 4 rings (SSSR count). The van der Waals surface area contributed by atoms with Gasteiger partial charge in [0.15, 0.2) is 11.5 Å². The highest BCUT2D eigenvalue weighted by molar-refractivity contribution is 7.98. The number of hydrogen-bond donors (Lipinski definition) is 1. The number of rotatable bonds is 9. The SMILES string of the molecule is CSCC[C@@H](NC(=O)CC1(Cn2cccc2)CCCCC1)c1nnc2ccccn12. The topological polar surface area (TPSA) is 64.2 Å². The highest BCUT2D eigenvalue weighted by Crippen LogP contribution is 2.41. The molecule has 0 radical (unpaired) electrons. The predicted octanol–water partition coefficient (Wildman–Crippen LogP) is 4.48. The number of hydrogen-bond acceptors (Lipinski definition) is 4. The Balaban J connectivity index is 1.51. The van der Waals surface area contributed by atoms with Gasteiger partial charge in [-0.05, 0) is 61.0 Å². The molecular weight excluding hydrogens is 394 g/mol. The molecule has 0 saturated heterocycles. The zero-order valence-corrected chi connectivity index (χ0v) is 18.5. The summed E-state index contributed by atoms with van der Waals surface area (Å²) in [7, 11) is 0. The van der Waals surface area contributed by atoms with E-state index in [9.17, 15) is 4.79 Å². The molecule has 1 aliphatic rings. The first kappa shape index (κ1) is 21.0. The van der Waals surface area contributed by atoms with Crippen molar-refractivity contribution in [3.8, 4) is 0 Å². The summed E-state index contributed by atoms with van der Waals surface area (Å²) in [5.41, 5.74) is 0.852. The fourth-order valence-corrected chi connectivity index (χ4v) is 5.21. The first-order chi connectivity index (χ1) is 14.7. The first-order valence-corrected chi connectivity index (χ1v) is 12.3. The van der Waals surface area contributed by atoms with Crippen molar-refractivity contribution in [3.63, 3.8) is 0 Å². The number of carbonyl (C=O) groups is 1. The van der Waals surface area contributed by atoms with E-state index < -0.39 is 0 Å². The largest absolute Gasteiger partial charge is 0.354 e. The Labute approximate surface area is 182 Å². The van der Waals surface area contributed by atoms with E-state index in [-0.39, 0.29) is 17.4 Å². The molecule has 30 heavy (non-hydrogen) atoms. The van der Waals surface area contributed by atoms with Crippen molar-refractivity contribution < 1.29 is 4.79 Å². The van der Waals surface area contributed by atoms with E-state index in [1.807, 2.05) is 28.8 Å². The fraction of sp³-hybridized carbons (Fsp3) is 0.522. The molecule has 1 N–H and O–H groups in total. The highest BCUT2D eigenvalue weighted by atomic mass is 32.2. The molecule has 0 aromatic carbocycles. The van der Waals surface area contributed by atoms with Crippen LogP contribution in [0.1, 0.15) is 56.8 Å². The second-order valence-electron chi connectivity index (χ2n) is 8.48. The highest BCUT2D eigenvalue weighted by Gasteiger charge is 2.35. The average molecular weight is 426 g/mol. The quantitative estimate of drug-likeness (QED) is 0.549. The molecule has 0 unspecified atom stereocenters. The Morgan fingerprint density at radius 2 is 1.90 bits per heavy atom. The Morgan fingerprint density at radius 3 is 2.67 bits per heavy atom. The van der Waals surface area contributed by atoms with Crippen LogP contribution in [0.2, 0.25) is 0 Å². The lowest BCUT2D eigenvalue weighted by Gasteiger charge is -2.37. The zero-order valence-electron chi connectivity index (χ0n) is 17.7. The number of thioether (sulfide) groups is 1. The Morgan fingerprint density at radius 1 is 1.13 bits per heavy atom. The third-order valence-electron chi connectivity index (χ3n) is 6.23. The normalized spacial score (nSPS) is 17.1. The Hall–Kier alpha value is -2.28. The van der Waals surface area contributed by atoms with Crippen LogP contribution in [0, 0.1) is 5.41 Å². The summed E-state index contributed by atoms with van der Waals surface area (Å²) in [5.74, 6) is 1.90. The molecule has 7 heteroatoms. The third-order valence-corrected chi connectivity index (χ3v) is 6.88. The lowest BCUT2D eigenvalue weighted by atomic mass is 9.71. The van der Waals surface area contributed by atoms with Crippen LogP contribution in [0.5, 0.6) is 0 Å². The van der Waals surface area contributed by atoms with Crippen molar-refractivity contribution in [1.29, 1.82) is 0 Å². The summed E-state index contributed by atoms with van der Waals surface area (Å²) in [6, 6.07) is 9.86. The molecule has 1 saturated carbocycles. The standard InChI is InChI=1S/C23H31N5OS/c1-30-16-10-19(22-26-25-20-9-3-6-15-28(20)22)24-21(29)17-23(11-4-2-5-12-23)18-27-13-7-8-14-27/h3,6-9,13-15,19H,2,4-5,10-12,16-18H2,1H3,(H,24,29)/t19-/m1/s1. The van der Waals surface area contributed by atoms with Crippen LogP contribution in [0.4, 0.5) is 0 Å². The smallest absolute Gasteiger partial charge is 0.221 e. The maximum Gasteiger partial charge on any atom is 0.221 e. The molecule has 3 aromatic heterocycles. The molecule has 0 bridgehead atoms. The summed E-state index contributed by atoms with van der Waals surface area (Å²) >= 11 is 1.79. The van der Waals surface area contributed by atoms with Gasteiger partial charge in [0.25, 0.3) is 0 Å². The van der Waals surface area contributed by atoms with E-state index in [4.69, 9.17) is 0 Å². The van der Waals surface area contributed by atoms with Gasteiger partial charge in [-0.15, -0.1) is 10.2 Å². The molecule has 0 spiro atoms. The van der Waals surface area contributed by atoms with Crippen molar-refractivity contribution in [2.24, 2.45) is 5.41 Å². The molecule has 1 atom stereocenters. The van der Waals surface area contributed by atoms with Crippen LogP contribution in [0.15, 0.2) is 48.9 Å². The lowest BCUT2D eigenvalue weighted by molar-refractivity contribution is -0.125. The number of nitrogens with one attached hydrogen (secondary N) is 1. The zero-order chi connectivity index (χ0) is 20.8. The van der Waals surface area contributed by atoms with Gasteiger partial charge in [-0.1, -0.05) is 25.3 Å².